The molecule has 59 heavy (non-hydrogen) atoms. The third-order valence-electron chi connectivity index (χ3n) is 14.4. The van der Waals surface area contributed by atoms with E-state index in [0.717, 1.165) is 5.56 Å². The van der Waals surface area contributed by atoms with Crippen molar-refractivity contribution in [3.8, 4) is 0 Å². The molecule has 4 aliphatic heterocycles. The molecule has 334 valence electrons. The first kappa shape index (κ1) is 47.2. The number of methoxy groups -OCH3 is 1. The smallest absolute Gasteiger partial charge is 0.309 e. The van der Waals surface area contributed by atoms with Gasteiger partial charge in [0.05, 0.1) is 67.2 Å². The molecule has 1 aromatic carbocycles. The molecular weight excluding hydrogens is 759 g/mol. The molecule has 0 radical (unpaired) electrons. The number of hydrogen-bond donors (Lipinski definition) is 4. The van der Waals surface area contributed by atoms with E-state index in [9.17, 15) is 24.9 Å². The Morgan fingerprint density at radius 1 is 0.949 bits per heavy atom. The molecule has 5 rings (SSSR count). The van der Waals surface area contributed by atoms with Crippen LogP contribution in [-0.2, 0) is 44.6 Å². The highest BCUT2D eigenvalue weighted by Crippen LogP contribution is 2.52. The van der Waals surface area contributed by atoms with Gasteiger partial charge in [0, 0.05) is 25.6 Å². The third kappa shape index (κ3) is 9.64. The zero-order valence-electron chi connectivity index (χ0n) is 37.6. The van der Waals surface area contributed by atoms with Gasteiger partial charge in [0.1, 0.15) is 11.7 Å². The molecule has 4 aliphatic rings. The molecule has 0 aliphatic carbocycles. The van der Waals surface area contributed by atoms with E-state index in [-0.39, 0.29) is 25.0 Å². The van der Waals surface area contributed by atoms with E-state index < -0.39 is 107 Å². The van der Waals surface area contributed by atoms with Crippen LogP contribution in [-0.4, -0.2) is 131 Å². The summed E-state index contributed by atoms with van der Waals surface area (Å²) in [7, 11) is 3.57. The first-order valence-corrected chi connectivity index (χ1v) is 21.6. The molecule has 0 saturated carbocycles. The van der Waals surface area contributed by atoms with Gasteiger partial charge in [-0.1, -0.05) is 78.8 Å². The molecule has 4 N–H and O–H groups in total. The number of nitrogens with zero attached hydrogens (tertiary/aromatic N) is 2. The van der Waals surface area contributed by atoms with Crippen molar-refractivity contribution in [1.29, 1.82) is 0 Å². The number of amides is 1. The van der Waals surface area contributed by atoms with Crippen LogP contribution < -0.4 is 5.32 Å². The topological polar surface area (TPSA) is 178 Å². The van der Waals surface area contributed by atoms with Gasteiger partial charge in [-0.3, -0.25) is 9.59 Å². The maximum atomic E-state index is 14.7. The van der Waals surface area contributed by atoms with Crippen molar-refractivity contribution < 1.29 is 53.3 Å². The number of rotatable bonds is 7. The van der Waals surface area contributed by atoms with Gasteiger partial charge in [-0.15, -0.1) is 0 Å². The van der Waals surface area contributed by atoms with Crippen molar-refractivity contribution >= 4 is 17.9 Å². The van der Waals surface area contributed by atoms with Gasteiger partial charge in [-0.05, 0) is 70.3 Å². The third-order valence-corrected chi connectivity index (χ3v) is 14.4. The zero-order chi connectivity index (χ0) is 43.8. The zero-order valence-corrected chi connectivity index (χ0v) is 37.6. The second-order valence-corrected chi connectivity index (χ2v) is 19.1. The summed E-state index contributed by atoms with van der Waals surface area (Å²) in [4.78, 5) is 35.2. The van der Waals surface area contributed by atoms with E-state index in [1.54, 1.807) is 27.9 Å². The molecule has 1 amide bonds. The highest BCUT2D eigenvalue weighted by molar-refractivity contribution is 5.79. The summed E-state index contributed by atoms with van der Waals surface area (Å²) in [5.41, 5.74) is -2.54. The van der Waals surface area contributed by atoms with Gasteiger partial charge in [0.2, 0.25) is 5.91 Å². The summed E-state index contributed by atoms with van der Waals surface area (Å²) in [5.74, 6) is -3.51. The fourth-order valence-corrected chi connectivity index (χ4v) is 9.96. The van der Waals surface area contributed by atoms with Crippen LogP contribution in [0.3, 0.4) is 0 Å². The maximum Gasteiger partial charge on any atom is 0.309 e. The lowest BCUT2D eigenvalue weighted by molar-refractivity contribution is -0.288. The van der Waals surface area contributed by atoms with E-state index in [4.69, 9.17) is 33.4 Å². The number of aliphatic hydroxyl groups is 3. The summed E-state index contributed by atoms with van der Waals surface area (Å²) >= 11 is 0. The molecule has 4 saturated heterocycles. The lowest BCUT2D eigenvalue weighted by Gasteiger charge is -2.55. The Hall–Kier alpha value is -2.85. The van der Waals surface area contributed by atoms with Crippen molar-refractivity contribution in [3.05, 3.63) is 35.9 Å². The van der Waals surface area contributed by atoms with Crippen LogP contribution in [0.4, 0.5) is 0 Å². The van der Waals surface area contributed by atoms with Gasteiger partial charge in [0.15, 0.2) is 12.4 Å². The van der Waals surface area contributed by atoms with Crippen molar-refractivity contribution in [3.63, 3.8) is 0 Å². The molecule has 3 unspecified atom stereocenters. The van der Waals surface area contributed by atoms with Crippen LogP contribution in [0.2, 0.25) is 0 Å². The van der Waals surface area contributed by atoms with E-state index in [2.05, 4.69) is 10.2 Å². The average molecular weight is 832 g/mol. The van der Waals surface area contributed by atoms with Gasteiger partial charge < -0.3 is 54.0 Å². The number of aliphatic hydroxyl groups excluding tert-OH is 2. The lowest BCUT2D eigenvalue weighted by atomic mass is 9.58. The molecule has 0 bridgehead atoms. The summed E-state index contributed by atoms with van der Waals surface area (Å²) < 4.78 is 39.7. The van der Waals surface area contributed by atoms with E-state index in [1.165, 1.54) is 6.92 Å². The maximum absolute atomic E-state index is 14.7. The number of nitrogens with one attached hydrogen (secondary N) is 1. The monoisotopic (exact) mass is 832 g/mol. The van der Waals surface area contributed by atoms with Crippen molar-refractivity contribution in [1.82, 2.24) is 10.2 Å². The number of benzene rings is 1. The predicted molar refractivity (Wildman–Crippen MR) is 222 cm³/mol. The minimum atomic E-state index is -1.96. The van der Waals surface area contributed by atoms with Crippen LogP contribution in [0.25, 0.3) is 0 Å². The standard InChI is InChI=1S/C45H73N3O11/c1-14-33-45(11,53)37(49)26(4)39(51)47-24(2)20-32(54-13)35(27(5)44(10,28(6)40(52)57-33)34-22-43(8,9)38(50)29(7)56-34)58-41-36-31(21-25(3)55-41)48(12)42(59-36)46-23-30-18-16-15-17-19-30/h15-19,24-29,31-38,41,49-50,53H,14,20-23H2,1-13H3,(H,47,51)/t24-,25-,26-,27-,28+,29+,31?,32?,33-,34?,35-,36-,37-,38+,41+,44-,45-/m1/s1. The number of carbonyl (C=O) groups is 2. The number of hydrogen-bond acceptors (Lipinski definition) is 12. The first-order valence-electron chi connectivity index (χ1n) is 21.6. The van der Waals surface area contributed by atoms with Crippen LogP contribution >= 0.6 is 0 Å². The van der Waals surface area contributed by atoms with Crippen molar-refractivity contribution in [2.24, 2.45) is 33.6 Å². The number of carbonyl (C=O) groups excluding carboxylic acids is 2. The summed E-state index contributed by atoms with van der Waals surface area (Å²) in [5, 5.41) is 37.5. The second-order valence-electron chi connectivity index (χ2n) is 19.1. The SMILES string of the molecule is CC[C@H]1OC(=O)[C@H](C)[C@](C)(C2CC(C)(C)[C@@H](O)[C@H](C)O2)[C@H](C)[C@@H](O[C@@H]2O[C@H](C)CC3[C@H]2OC(=NCc2ccccc2)N3C)C(OC)C[C@@H](C)NC(=O)[C@H](C)[C@@H](O)[C@]1(C)O. The number of fused-ring (bicyclic) bond motifs is 1. The van der Waals surface area contributed by atoms with Crippen LogP contribution in [0.1, 0.15) is 107 Å². The number of likely N-dealkylation sites (N-methyl/N-ethyl adjacent to an activating group) is 1. The molecule has 1 aromatic rings. The predicted octanol–water partition coefficient (Wildman–Crippen LogP) is 4.60. The van der Waals surface area contributed by atoms with E-state index in [1.807, 2.05) is 85.8 Å². The van der Waals surface area contributed by atoms with E-state index in [0.29, 0.717) is 25.4 Å². The molecule has 17 atom stereocenters. The Morgan fingerprint density at radius 3 is 2.22 bits per heavy atom. The van der Waals surface area contributed by atoms with Crippen LogP contribution in [0, 0.1) is 28.6 Å². The Morgan fingerprint density at radius 2 is 1.61 bits per heavy atom. The van der Waals surface area contributed by atoms with Crippen molar-refractivity contribution in [2.75, 3.05) is 14.2 Å². The lowest BCUT2D eigenvalue weighted by Crippen LogP contribution is -2.61. The van der Waals surface area contributed by atoms with Gasteiger partial charge >= 0.3 is 5.97 Å². The Balaban J connectivity index is 1.61. The van der Waals surface area contributed by atoms with Crippen LogP contribution in [0.15, 0.2) is 35.3 Å². The van der Waals surface area contributed by atoms with E-state index >= 15 is 0 Å². The van der Waals surface area contributed by atoms with Gasteiger partial charge in [-0.2, -0.15) is 0 Å². The fraction of sp³-hybridized carbons (Fsp3) is 0.800. The Labute approximate surface area is 351 Å². The molecule has 14 nitrogen and oxygen atoms in total. The Bertz CT molecular complexity index is 1610. The minimum Gasteiger partial charge on any atom is -0.459 e. The average Bonchev–Trinajstić information content (AvgIpc) is 3.51. The number of amidine groups is 1. The van der Waals surface area contributed by atoms with Crippen LogP contribution in [0.5, 0.6) is 0 Å². The van der Waals surface area contributed by atoms with Crippen molar-refractivity contribution in [2.45, 2.75) is 187 Å². The number of cyclic esters (lactones) is 1. The highest BCUT2D eigenvalue weighted by atomic mass is 16.7. The van der Waals surface area contributed by atoms with Gasteiger partial charge in [-0.25, -0.2) is 4.99 Å². The molecule has 0 spiro atoms. The largest absolute Gasteiger partial charge is 0.459 e. The first-order chi connectivity index (χ1) is 27.6. The van der Waals surface area contributed by atoms with Gasteiger partial charge in [0.25, 0.3) is 6.02 Å². The Kier molecular flexibility index (Phi) is 14.9. The number of aliphatic imine (C=N–C) groups is 1. The molecular formula is C45H73N3O11. The normalized spacial score (nSPS) is 44.4. The molecule has 0 aromatic heterocycles. The molecule has 14 heteroatoms. The summed E-state index contributed by atoms with van der Waals surface area (Å²) in [6, 6.07) is 9.89. The fourth-order valence-electron chi connectivity index (χ4n) is 9.96. The molecule has 4 fully saturated rings. The summed E-state index contributed by atoms with van der Waals surface area (Å²) in [6.07, 6.45) is -6.09. The summed E-state index contributed by atoms with van der Waals surface area (Å²) in [6.45, 7) is 20.7. The number of esters is 1. The number of ether oxygens (including phenoxy) is 6. The second kappa shape index (κ2) is 18.6. The quantitative estimate of drug-likeness (QED) is 0.282. The highest BCUT2D eigenvalue weighted by Gasteiger charge is 2.59. The minimum absolute atomic E-state index is 0.105. The molecule has 4 heterocycles.